The van der Waals surface area contributed by atoms with Crippen LogP contribution in [0.4, 0.5) is 11.4 Å². The van der Waals surface area contributed by atoms with E-state index in [1.54, 1.807) is 6.07 Å². The molecule has 0 bridgehead atoms. The van der Waals surface area contributed by atoms with Gasteiger partial charge in [-0.15, -0.1) is 0 Å². The Hall–Kier alpha value is -2.28. The Morgan fingerprint density at radius 2 is 2.27 bits per heavy atom. The van der Waals surface area contributed by atoms with E-state index in [4.69, 9.17) is 16.3 Å². The predicted octanol–water partition coefficient (Wildman–Crippen LogP) is 2.38. The van der Waals surface area contributed by atoms with E-state index in [-0.39, 0.29) is 10.7 Å². The van der Waals surface area contributed by atoms with Gasteiger partial charge in [0.15, 0.2) is 0 Å². The molecule has 0 unspecified atom stereocenters. The highest BCUT2D eigenvalue weighted by Gasteiger charge is 2.17. The number of hydrogen-bond acceptors (Lipinski definition) is 4. The summed E-state index contributed by atoms with van der Waals surface area (Å²) in [5.74, 6) is 0.409. The molecule has 8 heteroatoms. The summed E-state index contributed by atoms with van der Waals surface area (Å²) in [5, 5.41) is 14.4. The first-order chi connectivity index (χ1) is 10.5. The summed E-state index contributed by atoms with van der Waals surface area (Å²) in [5.41, 5.74) is 0.350. The maximum Gasteiger partial charge on any atom is 0.294 e. The number of aryl methyl sites for hydroxylation is 2. The summed E-state index contributed by atoms with van der Waals surface area (Å²) >= 11 is 5.93. The molecule has 1 heterocycles. The van der Waals surface area contributed by atoms with Crippen LogP contribution in [0.5, 0.6) is 5.75 Å². The fraction of sp³-hybridized carbons (Fsp3) is 0.357. The smallest absolute Gasteiger partial charge is 0.294 e. The summed E-state index contributed by atoms with van der Waals surface area (Å²) < 4.78 is 9.11. The van der Waals surface area contributed by atoms with Gasteiger partial charge in [0.05, 0.1) is 30.6 Å². The summed E-state index contributed by atoms with van der Waals surface area (Å²) in [6.45, 7) is 1.43. The number of methoxy groups -OCH3 is 1. The second kappa shape index (κ2) is 7.13. The van der Waals surface area contributed by atoms with E-state index in [0.717, 1.165) is 13.0 Å². The highest BCUT2D eigenvalue weighted by molar-refractivity contribution is 6.32. The van der Waals surface area contributed by atoms with E-state index in [2.05, 4.69) is 9.88 Å². The molecule has 1 aromatic carbocycles. The van der Waals surface area contributed by atoms with Crippen LogP contribution in [0, 0.1) is 10.1 Å². The number of nitro benzene ring substituents is 1. The lowest BCUT2D eigenvalue weighted by Gasteiger charge is -2.09. The Balaban J connectivity index is 2.00. The second-order valence-corrected chi connectivity index (χ2v) is 5.27. The fourth-order valence-electron chi connectivity index (χ4n) is 2.11. The van der Waals surface area contributed by atoms with E-state index in [1.807, 2.05) is 30.3 Å². The molecule has 22 heavy (non-hydrogen) atoms. The van der Waals surface area contributed by atoms with Gasteiger partial charge < -0.3 is 10.1 Å². The third-order valence-corrected chi connectivity index (χ3v) is 3.49. The first-order valence-electron chi connectivity index (χ1n) is 6.78. The van der Waals surface area contributed by atoms with Crippen molar-refractivity contribution in [2.24, 2.45) is 7.05 Å². The number of ether oxygens (including phenoxy) is 1. The molecule has 0 atom stereocenters. The van der Waals surface area contributed by atoms with E-state index < -0.39 is 4.92 Å². The van der Waals surface area contributed by atoms with Crippen molar-refractivity contribution < 1.29 is 14.2 Å². The maximum absolute atomic E-state index is 11.1. The number of anilines is 1. The van der Waals surface area contributed by atoms with Gasteiger partial charge in [0.25, 0.3) is 5.69 Å². The molecule has 0 aliphatic heterocycles. The summed E-state index contributed by atoms with van der Waals surface area (Å²) in [6.07, 6.45) is 6.75. The molecule has 1 N–H and O–H groups in total. The van der Waals surface area contributed by atoms with Gasteiger partial charge in [-0.3, -0.25) is 10.1 Å². The molecule has 0 amide bonds. The van der Waals surface area contributed by atoms with Crippen molar-refractivity contribution in [1.29, 1.82) is 0 Å². The third kappa shape index (κ3) is 3.88. The number of nitrogens with zero attached hydrogens (tertiary/aromatic N) is 3. The fourth-order valence-corrected chi connectivity index (χ4v) is 2.35. The van der Waals surface area contributed by atoms with Crippen molar-refractivity contribution in [3.63, 3.8) is 0 Å². The van der Waals surface area contributed by atoms with Crippen molar-refractivity contribution in [3.05, 3.63) is 46.0 Å². The van der Waals surface area contributed by atoms with Crippen molar-refractivity contribution >= 4 is 23.0 Å². The van der Waals surface area contributed by atoms with Gasteiger partial charge in [0.2, 0.25) is 6.33 Å². The molecule has 2 aromatic rings. The average Bonchev–Trinajstić information content (AvgIpc) is 2.89. The van der Waals surface area contributed by atoms with Crippen LogP contribution in [0.15, 0.2) is 30.9 Å². The zero-order valence-corrected chi connectivity index (χ0v) is 13.2. The first kappa shape index (κ1) is 16.1. The highest BCUT2D eigenvalue weighted by Crippen LogP contribution is 2.35. The molecule has 7 nitrogen and oxygen atoms in total. The SMILES string of the molecule is COc1cc(NCCCn2cc[n+](C)c2)c([N+](=O)[O-])cc1Cl. The van der Waals surface area contributed by atoms with Crippen LogP contribution in [0.25, 0.3) is 0 Å². The van der Waals surface area contributed by atoms with Gasteiger partial charge in [-0.1, -0.05) is 11.6 Å². The van der Waals surface area contributed by atoms with E-state index in [0.29, 0.717) is 18.0 Å². The quantitative estimate of drug-likeness (QED) is 0.367. The van der Waals surface area contributed by atoms with Crippen LogP contribution in [-0.2, 0) is 13.6 Å². The Bertz CT molecular complexity index is 672. The van der Waals surface area contributed by atoms with Crippen molar-refractivity contribution in [3.8, 4) is 5.75 Å². The van der Waals surface area contributed by atoms with E-state index >= 15 is 0 Å². The monoisotopic (exact) mass is 325 g/mol. The van der Waals surface area contributed by atoms with Crippen LogP contribution in [0.3, 0.4) is 0 Å². The van der Waals surface area contributed by atoms with Gasteiger partial charge in [0, 0.05) is 25.1 Å². The van der Waals surface area contributed by atoms with Crippen molar-refractivity contribution in [2.75, 3.05) is 19.0 Å². The van der Waals surface area contributed by atoms with Gasteiger partial charge in [-0.05, 0) is 0 Å². The van der Waals surface area contributed by atoms with Gasteiger partial charge in [-0.2, -0.15) is 0 Å². The molecular formula is C14H18ClN4O3+. The molecule has 1 aromatic heterocycles. The predicted molar refractivity (Wildman–Crippen MR) is 83.4 cm³/mol. The molecule has 2 rings (SSSR count). The summed E-state index contributed by atoms with van der Waals surface area (Å²) in [6, 6.07) is 2.85. The second-order valence-electron chi connectivity index (χ2n) is 4.86. The molecule has 0 radical (unpaired) electrons. The molecule has 0 aliphatic rings. The average molecular weight is 326 g/mol. The molecule has 118 valence electrons. The Labute approximate surface area is 133 Å². The van der Waals surface area contributed by atoms with Crippen LogP contribution >= 0.6 is 11.6 Å². The van der Waals surface area contributed by atoms with E-state index in [9.17, 15) is 10.1 Å². The van der Waals surface area contributed by atoms with Crippen LogP contribution < -0.4 is 14.6 Å². The molecular weight excluding hydrogens is 308 g/mol. The molecule has 0 aliphatic carbocycles. The van der Waals surface area contributed by atoms with Crippen molar-refractivity contribution in [1.82, 2.24) is 4.57 Å². The van der Waals surface area contributed by atoms with Crippen molar-refractivity contribution in [2.45, 2.75) is 13.0 Å². The maximum atomic E-state index is 11.1. The number of hydrogen-bond donors (Lipinski definition) is 1. The molecule has 0 fully saturated rings. The topological polar surface area (TPSA) is 73.2 Å². The zero-order chi connectivity index (χ0) is 16.1. The summed E-state index contributed by atoms with van der Waals surface area (Å²) in [4.78, 5) is 10.6. The number of nitro groups is 1. The van der Waals surface area contributed by atoms with E-state index in [1.165, 1.54) is 13.2 Å². The Morgan fingerprint density at radius 3 is 2.86 bits per heavy atom. The van der Waals surface area contributed by atoms with Crippen LogP contribution in [0.1, 0.15) is 6.42 Å². The highest BCUT2D eigenvalue weighted by atomic mass is 35.5. The standard InChI is InChI=1S/C14H18ClN4O3/c1-17-6-7-18(10-17)5-3-4-16-12-9-14(22-2)11(15)8-13(12)19(20)21/h6-10,16H,3-5H2,1-2H3/q+1. The zero-order valence-electron chi connectivity index (χ0n) is 12.5. The molecule has 0 saturated heterocycles. The first-order valence-corrected chi connectivity index (χ1v) is 7.16. The number of halogens is 1. The molecule has 0 spiro atoms. The van der Waals surface area contributed by atoms with Crippen LogP contribution in [-0.4, -0.2) is 23.1 Å². The lowest BCUT2D eigenvalue weighted by molar-refractivity contribution is -0.671. The number of rotatable bonds is 7. The normalized spacial score (nSPS) is 10.5. The third-order valence-electron chi connectivity index (χ3n) is 3.20. The van der Waals surface area contributed by atoms with Crippen LogP contribution in [0.2, 0.25) is 5.02 Å². The van der Waals surface area contributed by atoms with Gasteiger partial charge in [-0.25, -0.2) is 9.13 Å². The summed E-state index contributed by atoms with van der Waals surface area (Å²) in [7, 11) is 3.43. The number of imidazole rings is 1. The Kier molecular flexibility index (Phi) is 5.21. The lowest BCUT2D eigenvalue weighted by atomic mass is 10.2. The number of benzene rings is 1. The number of nitrogens with one attached hydrogen (secondary N) is 1. The minimum Gasteiger partial charge on any atom is -0.495 e. The minimum atomic E-state index is -0.459. The van der Waals surface area contributed by atoms with Gasteiger partial charge in [0.1, 0.15) is 23.8 Å². The molecule has 0 saturated carbocycles. The van der Waals surface area contributed by atoms with Gasteiger partial charge >= 0.3 is 0 Å². The largest absolute Gasteiger partial charge is 0.495 e. The number of aromatic nitrogens is 2. The Morgan fingerprint density at radius 1 is 1.50 bits per heavy atom. The lowest BCUT2D eigenvalue weighted by Crippen LogP contribution is -2.23. The minimum absolute atomic E-state index is 0.0573.